The lowest BCUT2D eigenvalue weighted by atomic mass is 9.91. The second kappa shape index (κ2) is 9.94. The van der Waals surface area contributed by atoms with Gasteiger partial charge in [-0.1, -0.05) is 23.2 Å². The monoisotopic (exact) mass is 518 g/mol. The molecule has 0 aliphatic carbocycles. The van der Waals surface area contributed by atoms with Crippen LogP contribution in [0.4, 0.5) is 18.9 Å². The van der Waals surface area contributed by atoms with Crippen LogP contribution in [-0.2, 0) is 11.0 Å². The van der Waals surface area contributed by atoms with Crippen LogP contribution in [0, 0.1) is 5.92 Å². The molecule has 0 saturated carbocycles. The molecule has 2 aromatic rings. The molecule has 2 heterocycles. The fourth-order valence-electron chi connectivity index (χ4n) is 4.73. The Morgan fingerprint density at radius 3 is 2.45 bits per heavy atom. The summed E-state index contributed by atoms with van der Waals surface area (Å²) in [7, 11) is 0. The van der Waals surface area contributed by atoms with Gasteiger partial charge in [-0.2, -0.15) is 13.2 Å². The number of hydrogen-bond acceptors (Lipinski definition) is 4. The van der Waals surface area contributed by atoms with E-state index in [0.29, 0.717) is 9.92 Å². The number of rotatable bonds is 6. The first kappa shape index (κ1) is 24.5. The summed E-state index contributed by atoms with van der Waals surface area (Å²) >= 11 is 13.4. The maximum Gasteiger partial charge on any atom is 0.416 e. The fourth-order valence-corrected chi connectivity index (χ4v) is 6.07. The third-order valence-corrected chi connectivity index (χ3v) is 7.93. The fraction of sp³-hybridized carbons (Fsp3) is 0.435. The van der Waals surface area contributed by atoms with Gasteiger partial charge >= 0.3 is 6.18 Å². The molecule has 4 rings (SSSR count). The molecular weight excluding hydrogens is 496 g/mol. The normalized spacial score (nSPS) is 22.5. The lowest BCUT2D eigenvalue weighted by molar-refractivity contribution is -0.137. The van der Waals surface area contributed by atoms with Gasteiger partial charge in [0.1, 0.15) is 6.54 Å². The summed E-state index contributed by atoms with van der Waals surface area (Å²) in [5.41, 5.74) is -0.725. The van der Waals surface area contributed by atoms with E-state index in [-0.39, 0.29) is 47.8 Å². The van der Waals surface area contributed by atoms with E-state index in [1.807, 2.05) is 4.90 Å². The second-order valence-electron chi connectivity index (χ2n) is 8.37. The van der Waals surface area contributed by atoms with Crippen molar-refractivity contribution >= 4 is 46.7 Å². The number of nitrogens with zero attached hydrogens (tertiary/aromatic N) is 2. The van der Waals surface area contributed by atoms with Gasteiger partial charge in [0, 0.05) is 34.5 Å². The topological polar surface area (TPSA) is 43.8 Å². The van der Waals surface area contributed by atoms with Crippen LogP contribution in [0.25, 0.3) is 0 Å². The SMILES string of the molecule is O=C(CN(Sc1ccc(Cl)cc1)c1cc(C(F)(F)F)ccc1Cl)N1C2CCC(CO)C1CC2. The van der Waals surface area contributed by atoms with Crippen LogP contribution in [0.2, 0.25) is 10.0 Å². The zero-order chi connectivity index (χ0) is 23.8. The van der Waals surface area contributed by atoms with Gasteiger partial charge in [0.25, 0.3) is 0 Å². The number of benzene rings is 2. The maximum atomic E-state index is 13.4. The van der Waals surface area contributed by atoms with Crippen molar-refractivity contribution in [1.29, 1.82) is 0 Å². The predicted molar refractivity (Wildman–Crippen MR) is 125 cm³/mol. The van der Waals surface area contributed by atoms with Crippen molar-refractivity contribution in [3.8, 4) is 0 Å². The molecule has 2 fully saturated rings. The van der Waals surface area contributed by atoms with E-state index in [2.05, 4.69) is 0 Å². The highest BCUT2D eigenvalue weighted by molar-refractivity contribution is 8.00. The molecular formula is C23H23Cl2F3N2O2S. The average Bonchev–Trinajstić information content (AvgIpc) is 3.08. The molecule has 0 aromatic heterocycles. The highest BCUT2D eigenvalue weighted by atomic mass is 35.5. The summed E-state index contributed by atoms with van der Waals surface area (Å²) in [5, 5.41) is 10.4. The lowest BCUT2D eigenvalue weighted by Gasteiger charge is -2.40. The largest absolute Gasteiger partial charge is 0.416 e. The number of hydrogen-bond donors (Lipinski definition) is 1. The van der Waals surface area contributed by atoms with Crippen LogP contribution in [0.1, 0.15) is 31.2 Å². The smallest absolute Gasteiger partial charge is 0.396 e. The van der Waals surface area contributed by atoms with Crippen LogP contribution in [0.3, 0.4) is 0 Å². The summed E-state index contributed by atoms with van der Waals surface area (Å²) in [6.07, 6.45) is -1.14. The number of fused-ring (bicyclic) bond motifs is 2. The number of halogens is 5. The molecule has 1 amide bonds. The minimum Gasteiger partial charge on any atom is -0.396 e. The molecule has 2 aliphatic rings. The Bertz CT molecular complexity index is 1010. The van der Waals surface area contributed by atoms with Crippen LogP contribution in [0.15, 0.2) is 47.4 Å². The number of piperidine rings is 1. The van der Waals surface area contributed by atoms with E-state index in [4.69, 9.17) is 23.2 Å². The zero-order valence-electron chi connectivity index (χ0n) is 17.6. The van der Waals surface area contributed by atoms with Crippen molar-refractivity contribution in [2.24, 2.45) is 5.92 Å². The molecule has 178 valence electrons. The first-order valence-electron chi connectivity index (χ1n) is 10.7. The van der Waals surface area contributed by atoms with E-state index in [1.165, 1.54) is 10.4 Å². The minimum absolute atomic E-state index is 0.0177. The molecule has 2 saturated heterocycles. The van der Waals surface area contributed by atoms with Crippen molar-refractivity contribution < 1.29 is 23.1 Å². The van der Waals surface area contributed by atoms with Crippen LogP contribution >= 0.6 is 35.1 Å². The first-order chi connectivity index (χ1) is 15.7. The molecule has 1 N–H and O–H groups in total. The summed E-state index contributed by atoms with van der Waals surface area (Å²) < 4.78 is 41.7. The highest BCUT2D eigenvalue weighted by Gasteiger charge is 2.44. The Labute approximate surface area is 204 Å². The number of anilines is 1. The van der Waals surface area contributed by atoms with E-state index in [1.54, 1.807) is 24.3 Å². The summed E-state index contributed by atoms with van der Waals surface area (Å²) in [6, 6.07) is 9.98. The molecule has 4 nitrogen and oxygen atoms in total. The van der Waals surface area contributed by atoms with Gasteiger partial charge < -0.3 is 14.3 Å². The van der Waals surface area contributed by atoms with Crippen molar-refractivity contribution in [3.05, 3.63) is 58.1 Å². The standard InChI is InChI=1S/C23H23Cl2F3N2O2S/c24-16-3-7-18(8-4-16)33-29(21-11-15(23(26,27)28)2-9-19(21)25)12-22(32)30-17-5-1-14(13-31)20(30)10-6-17/h2-4,7-9,11,14,17,20,31H,1,5-6,10,12-13H2. The number of alkyl halides is 3. The molecule has 2 aliphatic heterocycles. The summed E-state index contributed by atoms with van der Waals surface area (Å²) in [6.45, 7) is -0.136. The number of amides is 1. The molecule has 33 heavy (non-hydrogen) atoms. The van der Waals surface area contributed by atoms with E-state index in [9.17, 15) is 23.1 Å². The number of aliphatic hydroxyl groups is 1. The minimum atomic E-state index is -4.54. The number of aliphatic hydroxyl groups excluding tert-OH is 1. The molecule has 0 radical (unpaired) electrons. The van der Waals surface area contributed by atoms with Gasteiger partial charge in [-0.3, -0.25) is 4.79 Å². The van der Waals surface area contributed by atoms with Gasteiger partial charge in [0.2, 0.25) is 5.91 Å². The van der Waals surface area contributed by atoms with E-state index in [0.717, 1.165) is 49.8 Å². The molecule has 3 atom stereocenters. The van der Waals surface area contributed by atoms with Crippen LogP contribution in [-0.4, -0.2) is 41.1 Å². The highest BCUT2D eigenvalue weighted by Crippen LogP contribution is 2.42. The maximum absolute atomic E-state index is 13.4. The Morgan fingerprint density at radius 2 is 1.79 bits per heavy atom. The predicted octanol–water partition coefficient (Wildman–Crippen LogP) is 6.29. The molecule has 3 unspecified atom stereocenters. The van der Waals surface area contributed by atoms with E-state index < -0.39 is 11.7 Å². The van der Waals surface area contributed by atoms with Gasteiger partial charge in [0.15, 0.2) is 0 Å². The van der Waals surface area contributed by atoms with Crippen molar-refractivity contribution in [2.75, 3.05) is 17.5 Å². The molecule has 10 heteroatoms. The Balaban J connectivity index is 1.65. The van der Waals surface area contributed by atoms with E-state index >= 15 is 0 Å². The summed E-state index contributed by atoms with van der Waals surface area (Å²) in [5.74, 6) is -0.155. The van der Waals surface area contributed by atoms with Crippen molar-refractivity contribution in [2.45, 2.75) is 48.8 Å². The quantitative estimate of drug-likeness (QED) is 0.456. The molecule has 2 bridgehead atoms. The Hall–Kier alpha value is -1.61. The third-order valence-electron chi connectivity index (χ3n) is 6.33. The second-order valence-corrected chi connectivity index (χ2v) is 10.3. The van der Waals surface area contributed by atoms with Crippen molar-refractivity contribution in [1.82, 2.24) is 4.90 Å². The van der Waals surface area contributed by atoms with Gasteiger partial charge in [-0.25, -0.2) is 0 Å². The van der Waals surface area contributed by atoms with Gasteiger partial charge in [-0.05, 0) is 80.1 Å². The zero-order valence-corrected chi connectivity index (χ0v) is 19.9. The lowest BCUT2D eigenvalue weighted by Crippen LogP contribution is -2.51. The van der Waals surface area contributed by atoms with Gasteiger partial charge in [0.05, 0.1) is 16.3 Å². The molecule has 2 aromatic carbocycles. The number of carbonyl (C=O) groups is 1. The summed E-state index contributed by atoms with van der Waals surface area (Å²) in [4.78, 5) is 16.0. The van der Waals surface area contributed by atoms with Crippen LogP contribution < -0.4 is 4.31 Å². The Kier molecular flexibility index (Phi) is 7.38. The van der Waals surface area contributed by atoms with Crippen molar-refractivity contribution in [3.63, 3.8) is 0 Å². The Morgan fingerprint density at radius 1 is 1.09 bits per heavy atom. The third kappa shape index (κ3) is 5.39. The number of carbonyl (C=O) groups excluding carboxylic acids is 1. The average molecular weight is 519 g/mol. The van der Waals surface area contributed by atoms with Gasteiger partial charge in [-0.15, -0.1) is 0 Å². The first-order valence-corrected chi connectivity index (χ1v) is 12.2. The van der Waals surface area contributed by atoms with Crippen LogP contribution in [0.5, 0.6) is 0 Å². The molecule has 0 spiro atoms.